The highest BCUT2D eigenvalue weighted by Gasteiger charge is 2.43. The number of hydrogen-bond acceptors (Lipinski definition) is 9. The highest BCUT2D eigenvalue weighted by Crippen LogP contribution is 2.31. The number of carbonyl (C=O) groups is 6. The topological polar surface area (TPSA) is 163 Å². The summed E-state index contributed by atoms with van der Waals surface area (Å²) >= 11 is 0. The lowest BCUT2D eigenvalue weighted by atomic mass is 9.83. The van der Waals surface area contributed by atoms with Crippen LogP contribution in [0.5, 0.6) is 0 Å². The SMILES string of the molecule is C.CC.CCC(=O)c1ccc(CN(C)[C@H](C(=O)C[C@H](C(=O)N(C)[C@@H]([C@@H](C)CC)[C@@H](CC(=O)N2CCC[C@@H]2[C@@H](OC)[C@H](C)C(=O)N[C@H](Cc2ccccc2)C(=O)O)OC)C(C)C)C(C)C)cc1. The van der Waals surface area contributed by atoms with E-state index in [1.165, 1.54) is 7.11 Å². The molecule has 13 nitrogen and oxygen atoms in total. The predicted octanol–water partition coefficient (Wildman–Crippen LogP) is 8.36. The third-order valence-electron chi connectivity index (χ3n) is 13.2. The number of aliphatic carboxylic acids is 1. The highest BCUT2D eigenvalue weighted by atomic mass is 16.5. The lowest BCUT2D eigenvalue weighted by Crippen LogP contribution is -2.55. The molecule has 0 bridgehead atoms. The van der Waals surface area contributed by atoms with Gasteiger partial charge in [0.05, 0.1) is 42.7 Å². The largest absolute Gasteiger partial charge is 0.480 e. The Hall–Kier alpha value is -4.46. The molecule has 0 spiro atoms. The summed E-state index contributed by atoms with van der Waals surface area (Å²) in [6.45, 7) is 20.5. The van der Waals surface area contributed by atoms with Crippen molar-refractivity contribution in [1.82, 2.24) is 20.0 Å². The minimum absolute atomic E-state index is 0. The molecular weight excluding hydrogens is 837 g/mol. The van der Waals surface area contributed by atoms with Crippen LogP contribution in [0.3, 0.4) is 0 Å². The summed E-state index contributed by atoms with van der Waals surface area (Å²) in [6.07, 6.45) is 1.23. The highest BCUT2D eigenvalue weighted by molar-refractivity contribution is 5.95. The maximum absolute atomic E-state index is 14.6. The number of ketones is 2. The first-order valence-corrected chi connectivity index (χ1v) is 23.8. The molecule has 1 heterocycles. The number of likely N-dealkylation sites (N-methyl/N-ethyl adjacent to an activating group) is 2. The van der Waals surface area contributed by atoms with Crippen molar-refractivity contribution in [3.8, 4) is 0 Å². The van der Waals surface area contributed by atoms with Crippen molar-refractivity contribution >= 4 is 35.3 Å². The molecule has 66 heavy (non-hydrogen) atoms. The van der Waals surface area contributed by atoms with Crippen molar-refractivity contribution in [2.45, 2.75) is 165 Å². The summed E-state index contributed by atoms with van der Waals surface area (Å²) < 4.78 is 12.0. The Morgan fingerprint density at radius 3 is 1.94 bits per heavy atom. The normalized spacial score (nSPS) is 17.3. The minimum atomic E-state index is -1.14. The molecule has 2 N–H and O–H groups in total. The summed E-state index contributed by atoms with van der Waals surface area (Å²) in [7, 11) is 6.71. The molecular formula is C53H86N4O9. The molecule has 0 aromatic heterocycles. The van der Waals surface area contributed by atoms with Crippen LogP contribution in [0.15, 0.2) is 54.6 Å². The number of methoxy groups -OCH3 is 2. The molecule has 1 saturated heterocycles. The van der Waals surface area contributed by atoms with Crippen LogP contribution in [0.25, 0.3) is 0 Å². The number of amides is 3. The van der Waals surface area contributed by atoms with Gasteiger partial charge in [-0.3, -0.25) is 28.9 Å². The Bertz CT molecular complexity index is 1800. The van der Waals surface area contributed by atoms with Crippen LogP contribution in [0, 0.1) is 29.6 Å². The van der Waals surface area contributed by atoms with E-state index in [0.717, 1.165) is 11.1 Å². The van der Waals surface area contributed by atoms with Gasteiger partial charge in [0.1, 0.15) is 6.04 Å². The zero-order chi connectivity index (χ0) is 49.1. The van der Waals surface area contributed by atoms with Crippen molar-refractivity contribution in [3.05, 3.63) is 71.3 Å². The first kappa shape index (κ1) is 59.6. The number of nitrogens with one attached hydrogen (secondary N) is 1. The number of carboxylic acid groups (broad SMARTS) is 1. The lowest BCUT2D eigenvalue weighted by Gasteiger charge is -2.41. The average Bonchev–Trinajstić information content (AvgIpc) is 3.78. The van der Waals surface area contributed by atoms with Crippen LogP contribution in [0.1, 0.15) is 137 Å². The average molecular weight is 923 g/mol. The summed E-state index contributed by atoms with van der Waals surface area (Å²) in [5.41, 5.74) is 2.43. The number of carboxylic acids is 1. The molecule has 1 aliphatic heterocycles. The molecule has 13 heteroatoms. The Kier molecular flexibility index (Phi) is 26.5. The number of nitrogens with zero attached hydrogens (tertiary/aromatic N) is 3. The van der Waals surface area contributed by atoms with Gasteiger partial charge in [0.2, 0.25) is 17.7 Å². The molecule has 0 radical (unpaired) electrons. The Labute approximate surface area is 397 Å². The van der Waals surface area contributed by atoms with Gasteiger partial charge in [-0.25, -0.2) is 4.79 Å². The smallest absolute Gasteiger partial charge is 0.326 e. The molecule has 0 saturated carbocycles. The van der Waals surface area contributed by atoms with E-state index in [1.54, 1.807) is 30.9 Å². The van der Waals surface area contributed by atoms with Crippen LogP contribution < -0.4 is 5.32 Å². The Balaban J connectivity index is 0.00000716. The fourth-order valence-corrected chi connectivity index (χ4v) is 9.38. The maximum atomic E-state index is 14.6. The van der Waals surface area contributed by atoms with E-state index in [1.807, 2.05) is 129 Å². The molecule has 2 aromatic carbocycles. The van der Waals surface area contributed by atoms with E-state index in [0.29, 0.717) is 44.3 Å². The van der Waals surface area contributed by atoms with E-state index in [2.05, 4.69) is 5.32 Å². The van der Waals surface area contributed by atoms with E-state index in [-0.39, 0.29) is 67.8 Å². The van der Waals surface area contributed by atoms with Gasteiger partial charge < -0.3 is 29.7 Å². The summed E-state index contributed by atoms with van der Waals surface area (Å²) in [6, 6.07) is 14.1. The number of carbonyl (C=O) groups excluding carboxylic acids is 5. The number of Topliss-reactive ketones (excluding diaryl/α,β-unsaturated/α-hetero) is 2. The van der Waals surface area contributed by atoms with Crippen LogP contribution in [-0.2, 0) is 46.4 Å². The van der Waals surface area contributed by atoms with Gasteiger partial charge in [0.25, 0.3) is 0 Å². The van der Waals surface area contributed by atoms with E-state index in [9.17, 15) is 33.9 Å². The second kappa shape index (κ2) is 29.3. The number of hydrogen-bond donors (Lipinski definition) is 2. The third kappa shape index (κ3) is 16.4. The van der Waals surface area contributed by atoms with Gasteiger partial charge in [-0.05, 0) is 48.8 Å². The molecule has 1 aliphatic rings. The Morgan fingerprint density at radius 1 is 0.833 bits per heavy atom. The second-order valence-corrected chi connectivity index (χ2v) is 18.3. The van der Waals surface area contributed by atoms with Gasteiger partial charge in [0.15, 0.2) is 11.6 Å². The predicted molar refractivity (Wildman–Crippen MR) is 263 cm³/mol. The van der Waals surface area contributed by atoms with E-state index in [4.69, 9.17) is 9.47 Å². The monoisotopic (exact) mass is 923 g/mol. The number of ether oxygens (including phenoxy) is 2. The maximum Gasteiger partial charge on any atom is 0.326 e. The van der Waals surface area contributed by atoms with Crippen molar-refractivity contribution in [3.63, 3.8) is 0 Å². The molecule has 0 unspecified atom stereocenters. The molecule has 1 fully saturated rings. The first-order chi connectivity index (χ1) is 30.8. The van der Waals surface area contributed by atoms with Crippen molar-refractivity contribution in [1.29, 1.82) is 0 Å². The number of likely N-dealkylation sites (tertiary alicyclic amines) is 1. The van der Waals surface area contributed by atoms with Crippen LogP contribution in [0.4, 0.5) is 0 Å². The quantitative estimate of drug-likeness (QED) is 0.0877. The van der Waals surface area contributed by atoms with Crippen molar-refractivity contribution in [2.24, 2.45) is 29.6 Å². The molecule has 0 aliphatic carbocycles. The van der Waals surface area contributed by atoms with E-state index < -0.39 is 60.1 Å². The standard InChI is InChI=1S/C50H76N4O9.C2H6.CH4/c1-13-33(7)46(53(10)49(59)38(31(3)4)28-42(56)45(32(5)6)52(9)30-36-22-24-37(25-23-36)41(55)14-2)43(62-11)29-44(57)54-26-18-21-40(54)47(63-12)34(8)48(58)51-39(50(60)61)27-35-19-16-15-17-20-35;1-2;/h15-17,19-20,22-25,31-34,38-40,43,45-47H,13-14,18,21,26-30H2,1-12H3,(H,51,58)(H,60,61);1-2H3;1H4/t33-,34-,38-,39+,40+,43+,45-,46-,47-;;/m0../s1. The van der Waals surface area contributed by atoms with Gasteiger partial charge in [-0.15, -0.1) is 0 Å². The van der Waals surface area contributed by atoms with Crippen LogP contribution >= 0.6 is 0 Å². The fraction of sp³-hybridized carbons (Fsp3) is 0.660. The summed E-state index contributed by atoms with van der Waals surface area (Å²) in [5, 5.41) is 12.6. The summed E-state index contributed by atoms with van der Waals surface area (Å²) in [5.74, 6) is -3.53. The molecule has 372 valence electrons. The lowest BCUT2D eigenvalue weighted by molar-refractivity contribution is -0.149. The van der Waals surface area contributed by atoms with Gasteiger partial charge >= 0.3 is 5.97 Å². The number of rotatable bonds is 26. The zero-order valence-corrected chi connectivity index (χ0v) is 42.0. The van der Waals surface area contributed by atoms with Crippen LogP contribution in [0.2, 0.25) is 0 Å². The van der Waals surface area contributed by atoms with E-state index >= 15 is 0 Å². The zero-order valence-electron chi connectivity index (χ0n) is 42.0. The molecule has 3 amide bonds. The fourth-order valence-electron chi connectivity index (χ4n) is 9.38. The van der Waals surface area contributed by atoms with Gasteiger partial charge in [-0.2, -0.15) is 0 Å². The molecule has 9 atom stereocenters. The van der Waals surface area contributed by atoms with Gasteiger partial charge in [-0.1, -0.05) is 138 Å². The molecule has 3 rings (SSSR count). The Morgan fingerprint density at radius 2 is 1.44 bits per heavy atom. The third-order valence-corrected chi connectivity index (χ3v) is 13.2. The van der Waals surface area contributed by atoms with Crippen LogP contribution in [-0.4, -0.2) is 126 Å². The number of benzene rings is 2. The minimum Gasteiger partial charge on any atom is -0.480 e. The molecule has 2 aromatic rings. The second-order valence-electron chi connectivity index (χ2n) is 18.3. The van der Waals surface area contributed by atoms with Crippen molar-refractivity contribution < 1.29 is 43.3 Å². The first-order valence-electron chi connectivity index (χ1n) is 23.8. The van der Waals surface area contributed by atoms with Gasteiger partial charge in [0, 0.05) is 65.1 Å². The summed E-state index contributed by atoms with van der Waals surface area (Å²) in [4.78, 5) is 86.6. The van der Waals surface area contributed by atoms with Crippen molar-refractivity contribution in [2.75, 3.05) is 34.9 Å².